The third-order valence-electron chi connectivity index (χ3n) is 4.25. The number of pyridine rings is 1. The highest BCUT2D eigenvalue weighted by Crippen LogP contribution is 2.34. The Morgan fingerprint density at radius 3 is 2.55 bits per heavy atom. The number of halogens is 3. The van der Waals surface area contributed by atoms with Crippen LogP contribution in [0.2, 0.25) is 0 Å². The van der Waals surface area contributed by atoms with E-state index in [4.69, 9.17) is 4.52 Å². The van der Waals surface area contributed by atoms with Gasteiger partial charge in [-0.3, -0.25) is 4.72 Å². The van der Waals surface area contributed by atoms with Crippen molar-refractivity contribution in [3.63, 3.8) is 0 Å². The number of alkyl halides is 3. The molecule has 0 bridgehead atoms. The van der Waals surface area contributed by atoms with Gasteiger partial charge < -0.3 is 9.09 Å². The van der Waals surface area contributed by atoms with E-state index in [1.807, 2.05) is 0 Å². The van der Waals surface area contributed by atoms with E-state index in [9.17, 15) is 21.6 Å². The van der Waals surface area contributed by atoms with Crippen molar-refractivity contribution in [1.29, 1.82) is 0 Å². The highest BCUT2D eigenvalue weighted by molar-refractivity contribution is 7.92. The first kappa shape index (κ1) is 19.0. The van der Waals surface area contributed by atoms with Crippen molar-refractivity contribution >= 4 is 26.8 Å². The molecule has 1 aromatic carbocycles. The van der Waals surface area contributed by atoms with Crippen LogP contribution in [0.25, 0.3) is 16.8 Å². The molecule has 0 atom stereocenters. The van der Waals surface area contributed by atoms with E-state index in [0.717, 1.165) is 18.3 Å². The van der Waals surface area contributed by atoms with Gasteiger partial charge in [-0.15, -0.1) is 0 Å². The van der Waals surface area contributed by atoms with Crippen LogP contribution in [0.4, 0.5) is 18.9 Å². The Kier molecular flexibility index (Phi) is 4.34. The van der Waals surface area contributed by atoms with E-state index < -0.39 is 21.8 Å². The molecule has 0 fully saturated rings. The highest BCUT2D eigenvalue weighted by atomic mass is 32.2. The van der Waals surface area contributed by atoms with Crippen LogP contribution in [0.1, 0.15) is 11.3 Å². The van der Waals surface area contributed by atoms with E-state index in [1.54, 1.807) is 31.5 Å². The molecule has 4 aromatic rings. The Balaban J connectivity index is 1.81. The van der Waals surface area contributed by atoms with E-state index in [-0.39, 0.29) is 22.0 Å². The predicted molar refractivity (Wildman–Crippen MR) is 98.1 cm³/mol. The summed E-state index contributed by atoms with van der Waals surface area (Å²) in [7, 11) is -4.24. The summed E-state index contributed by atoms with van der Waals surface area (Å²) in [5.41, 5.74) is -0.361. The van der Waals surface area contributed by atoms with Gasteiger partial charge in [0.05, 0.1) is 34.2 Å². The number of sulfonamides is 1. The molecule has 150 valence electrons. The van der Waals surface area contributed by atoms with Gasteiger partial charge in [-0.1, -0.05) is 5.16 Å². The Labute approximate surface area is 162 Å². The van der Waals surface area contributed by atoms with Crippen LogP contribution >= 0.6 is 0 Å². The minimum Gasteiger partial charge on any atom is -0.336 e. The molecule has 11 heteroatoms. The monoisotopic (exact) mass is 422 g/mol. The summed E-state index contributed by atoms with van der Waals surface area (Å²) in [5.74, 6) is 0. The molecule has 0 saturated heterocycles. The molecule has 0 unspecified atom stereocenters. The fourth-order valence-corrected chi connectivity index (χ4v) is 3.83. The summed E-state index contributed by atoms with van der Waals surface area (Å²) in [6.45, 7) is 1.62. The SMILES string of the molecule is Cc1noc2ncc(S(=O)(=O)Nc3cc(C(F)(F)F)ccc3-n3cccc3)cc12. The number of hydrogen-bond donors (Lipinski definition) is 1. The summed E-state index contributed by atoms with van der Waals surface area (Å²) in [6.07, 6.45) is -0.392. The van der Waals surface area contributed by atoms with Gasteiger partial charge in [0.1, 0.15) is 4.90 Å². The van der Waals surface area contributed by atoms with Gasteiger partial charge in [0.15, 0.2) is 0 Å². The molecule has 0 radical (unpaired) electrons. The Hall–Kier alpha value is -3.34. The second kappa shape index (κ2) is 6.62. The summed E-state index contributed by atoms with van der Waals surface area (Å²) in [6, 6.07) is 7.49. The Morgan fingerprint density at radius 2 is 1.86 bits per heavy atom. The van der Waals surface area contributed by atoms with Crippen molar-refractivity contribution < 1.29 is 26.1 Å². The Bertz CT molecular complexity index is 1300. The Morgan fingerprint density at radius 1 is 1.14 bits per heavy atom. The van der Waals surface area contributed by atoms with Crippen molar-refractivity contribution in [3.05, 3.63) is 66.2 Å². The van der Waals surface area contributed by atoms with Gasteiger partial charge in [-0.25, -0.2) is 13.4 Å². The zero-order valence-corrected chi connectivity index (χ0v) is 15.6. The number of nitrogens with one attached hydrogen (secondary N) is 1. The van der Waals surface area contributed by atoms with Crippen LogP contribution in [0.15, 0.2) is 64.4 Å². The standard InChI is InChI=1S/C18H13F3N4O3S/c1-11-14-9-13(10-22-17(14)28-23-11)29(26,27)24-15-8-12(18(19,20)21)4-5-16(15)25-6-2-3-7-25/h2-10,24H,1H3. The summed E-state index contributed by atoms with van der Waals surface area (Å²) >= 11 is 0. The van der Waals surface area contributed by atoms with E-state index in [1.165, 1.54) is 16.7 Å². The molecular formula is C18H13F3N4O3S. The van der Waals surface area contributed by atoms with Gasteiger partial charge in [0.25, 0.3) is 15.7 Å². The number of anilines is 1. The van der Waals surface area contributed by atoms with Crippen LogP contribution in [0, 0.1) is 6.92 Å². The van der Waals surface area contributed by atoms with Gasteiger partial charge in [0, 0.05) is 12.4 Å². The van der Waals surface area contributed by atoms with Crippen LogP contribution < -0.4 is 4.72 Å². The molecule has 0 aliphatic heterocycles. The average Bonchev–Trinajstić information content (AvgIpc) is 3.31. The lowest BCUT2D eigenvalue weighted by Crippen LogP contribution is -2.16. The molecule has 1 N–H and O–H groups in total. The number of rotatable bonds is 4. The number of aryl methyl sites for hydroxylation is 1. The predicted octanol–water partition coefficient (Wildman–Crippen LogP) is 4.14. The second-order valence-corrected chi connectivity index (χ2v) is 7.90. The molecule has 3 aromatic heterocycles. The summed E-state index contributed by atoms with van der Waals surface area (Å²) < 4.78 is 73.9. The first-order valence-corrected chi connectivity index (χ1v) is 9.73. The second-order valence-electron chi connectivity index (χ2n) is 6.22. The number of aromatic nitrogens is 3. The quantitative estimate of drug-likeness (QED) is 0.534. The van der Waals surface area contributed by atoms with Crippen molar-refractivity contribution in [2.75, 3.05) is 4.72 Å². The van der Waals surface area contributed by atoms with Crippen LogP contribution in [0.5, 0.6) is 0 Å². The minimum atomic E-state index is -4.63. The maximum atomic E-state index is 13.2. The lowest BCUT2D eigenvalue weighted by atomic mass is 10.1. The molecule has 3 heterocycles. The molecule has 0 amide bonds. The number of nitrogens with zero attached hydrogens (tertiary/aromatic N) is 3. The van der Waals surface area contributed by atoms with E-state index >= 15 is 0 Å². The van der Waals surface area contributed by atoms with Crippen LogP contribution in [0.3, 0.4) is 0 Å². The largest absolute Gasteiger partial charge is 0.416 e. The lowest BCUT2D eigenvalue weighted by molar-refractivity contribution is -0.137. The average molecular weight is 422 g/mol. The third kappa shape index (κ3) is 3.56. The van der Waals surface area contributed by atoms with Gasteiger partial charge >= 0.3 is 6.18 Å². The zero-order valence-electron chi connectivity index (χ0n) is 14.8. The molecule has 4 rings (SSSR count). The summed E-state index contributed by atoms with van der Waals surface area (Å²) in [5, 5.41) is 4.10. The molecule has 0 aliphatic rings. The minimum absolute atomic E-state index is 0.161. The maximum Gasteiger partial charge on any atom is 0.416 e. The van der Waals surface area contributed by atoms with Gasteiger partial charge in [-0.2, -0.15) is 13.2 Å². The highest BCUT2D eigenvalue weighted by Gasteiger charge is 2.32. The first-order valence-electron chi connectivity index (χ1n) is 8.24. The van der Waals surface area contributed by atoms with Crippen molar-refractivity contribution in [3.8, 4) is 5.69 Å². The maximum absolute atomic E-state index is 13.2. The molecule has 29 heavy (non-hydrogen) atoms. The fourth-order valence-electron chi connectivity index (χ4n) is 2.79. The van der Waals surface area contributed by atoms with Crippen LogP contribution in [-0.4, -0.2) is 23.1 Å². The molecule has 0 saturated carbocycles. The number of benzene rings is 1. The third-order valence-corrected chi connectivity index (χ3v) is 5.58. The molecule has 0 spiro atoms. The molecule has 0 aliphatic carbocycles. The normalized spacial score (nSPS) is 12.4. The molecular weight excluding hydrogens is 409 g/mol. The fraction of sp³-hybridized carbons (Fsp3) is 0.111. The summed E-state index contributed by atoms with van der Waals surface area (Å²) in [4.78, 5) is 3.68. The van der Waals surface area contributed by atoms with Crippen LogP contribution in [-0.2, 0) is 16.2 Å². The van der Waals surface area contributed by atoms with Crippen molar-refractivity contribution in [1.82, 2.24) is 14.7 Å². The lowest BCUT2D eigenvalue weighted by Gasteiger charge is -2.16. The molecule has 7 nitrogen and oxygen atoms in total. The first-order chi connectivity index (χ1) is 13.6. The topological polar surface area (TPSA) is 90.0 Å². The zero-order chi connectivity index (χ0) is 20.8. The smallest absolute Gasteiger partial charge is 0.336 e. The van der Waals surface area contributed by atoms with E-state index in [0.29, 0.717) is 11.1 Å². The van der Waals surface area contributed by atoms with Gasteiger partial charge in [0.2, 0.25) is 0 Å². The number of hydrogen-bond acceptors (Lipinski definition) is 5. The number of fused-ring (bicyclic) bond motifs is 1. The van der Waals surface area contributed by atoms with Crippen molar-refractivity contribution in [2.45, 2.75) is 18.0 Å². The van der Waals surface area contributed by atoms with E-state index in [2.05, 4.69) is 14.9 Å². The van der Waals surface area contributed by atoms with Gasteiger partial charge in [-0.05, 0) is 43.3 Å². The van der Waals surface area contributed by atoms with Crippen molar-refractivity contribution in [2.24, 2.45) is 0 Å².